The SMILES string of the molecule is CCCN(CCN)C(=O)C1CCCC(C(F)(F)F)C1. The molecule has 6 heteroatoms. The van der Waals surface area contributed by atoms with Gasteiger partial charge in [-0.05, 0) is 25.7 Å². The fourth-order valence-corrected chi connectivity index (χ4v) is 2.73. The van der Waals surface area contributed by atoms with Gasteiger partial charge < -0.3 is 10.6 Å². The Balaban J connectivity index is 2.64. The summed E-state index contributed by atoms with van der Waals surface area (Å²) in [4.78, 5) is 13.9. The minimum atomic E-state index is -4.18. The van der Waals surface area contributed by atoms with Gasteiger partial charge in [-0.2, -0.15) is 13.2 Å². The van der Waals surface area contributed by atoms with Crippen LogP contribution in [0, 0.1) is 11.8 Å². The lowest BCUT2D eigenvalue weighted by Gasteiger charge is -2.33. The van der Waals surface area contributed by atoms with Crippen LogP contribution in [-0.2, 0) is 4.79 Å². The first-order valence-electron chi connectivity index (χ1n) is 6.95. The number of alkyl halides is 3. The fourth-order valence-electron chi connectivity index (χ4n) is 2.73. The molecule has 2 N–H and O–H groups in total. The predicted octanol–water partition coefficient (Wildman–Crippen LogP) is 2.55. The molecule has 112 valence electrons. The van der Waals surface area contributed by atoms with Gasteiger partial charge in [0.15, 0.2) is 0 Å². The third-order valence-corrected chi connectivity index (χ3v) is 3.69. The van der Waals surface area contributed by atoms with E-state index in [0.29, 0.717) is 32.5 Å². The van der Waals surface area contributed by atoms with Crippen LogP contribution in [0.4, 0.5) is 13.2 Å². The minimum absolute atomic E-state index is 0.0624. The first kappa shape index (κ1) is 16.3. The summed E-state index contributed by atoms with van der Waals surface area (Å²) in [6, 6.07) is 0. The Bertz CT molecular complexity index is 288. The largest absolute Gasteiger partial charge is 0.391 e. The van der Waals surface area contributed by atoms with Crippen LogP contribution in [0.25, 0.3) is 0 Å². The summed E-state index contributed by atoms with van der Waals surface area (Å²) in [5.41, 5.74) is 5.45. The Morgan fingerprint density at radius 1 is 1.32 bits per heavy atom. The summed E-state index contributed by atoms with van der Waals surface area (Å²) < 4.78 is 38.2. The third kappa shape index (κ3) is 4.67. The van der Waals surface area contributed by atoms with Gasteiger partial charge in [-0.1, -0.05) is 13.3 Å². The molecule has 0 bridgehead atoms. The van der Waals surface area contributed by atoms with Crippen molar-refractivity contribution in [1.29, 1.82) is 0 Å². The molecule has 0 heterocycles. The summed E-state index contributed by atoms with van der Waals surface area (Å²) in [6.45, 7) is 3.29. The van der Waals surface area contributed by atoms with Gasteiger partial charge in [-0.25, -0.2) is 0 Å². The zero-order chi connectivity index (χ0) is 14.5. The average molecular weight is 280 g/mol. The summed E-state index contributed by atoms with van der Waals surface area (Å²) >= 11 is 0. The lowest BCUT2D eigenvalue weighted by molar-refractivity contribution is -0.187. The number of nitrogens with two attached hydrogens (primary N) is 1. The van der Waals surface area contributed by atoms with Crippen molar-refractivity contribution in [1.82, 2.24) is 4.90 Å². The highest BCUT2D eigenvalue weighted by Gasteiger charge is 2.44. The molecule has 0 aromatic carbocycles. The fraction of sp³-hybridized carbons (Fsp3) is 0.923. The number of amides is 1. The van der Waals surface area contributed by atoms with Gasteiger partial charge in [0, 0.05) is 25.6 Å². The van der Waals surface area contributed by atoms with Gasteiger partial charge in [0.25, 0.3) is 0 Å². The second kappa shape index (κ2) is 7.12. The number of hydrogen-bond acceptors (Lipinski definition) is 2. The van der Waals surface area contributed by atoms with Crippen molar-refractivity contribution in [3.8, 4) is 0 Å². The number of carbonyl (C=O) groups is 1. The smallest absolute Gasteiger partial charge is 0.341 e. The monoisotopic (exact) mass is 280 g/mol. The van der Waals surface area contributed by atoms with Crippen LogP contribution in [0.3, 0.4) is 0 Å². The topological polar surface area (TPSA) is 46.3 Å². The van der Waals surface area contributed by atoms with Crippen LogP contribution in [0.15, 0.2) is 0 Å². The van der Waals surface area contributed by atoms with E-state index in [1.54, 1.807) is 4.90 Å². The molecular weight excluding hydrogens is 257 g/mol. The summed E-state index contributed by atoms with van der Waals surface area (Å²) in [6.07, 6.45) is -2.26. The van der Waals surface area contributed by atoms with Gasteiger partial charge >= 0.3 is 6.18 Å². The molecule has 1 rings (SSSR count). The average Bonchev–Trinajstić information content (AvgIpc) is 2.37. The second-order valence-electron chi connectivity index (χ2n) is 5.22. The van der Waals surface area contributed by atoms with Crippen LogP contribution < -0.4 is 5.73 Å². The van der Waals surface area contributed by atoms with Crippen LogP contribution >= 0.6 is 0 Å². The molecule has 0 aromatic heterocycles. The van der Waals surface area contributed by atoms with E-state index in [-0.39, 0.29) is 18.7 Å². The van der Waals surface area contributed by atoms with E-state index in [0.717, 1.165) is 6.42 Å². The quantitative estimate of drug-likeness (QED) is 0.841. The van der Waals surface area contributed by atoms with Gasteiger partial charge in [0.1, 0.15) is 0 Å². The molecule has 1 saturated carbocycles. The Morgan fingerprint density at radius 2 is 2.00 bits per heavy atom. The van der Waals surface area contributed by atoms with Crippen LogP contribution in [0.1, 0.15) is 39.0 Å². The van der Waals surface area contributed by atoms with Crippen molar-refractivity contribution in [3.05, 3.63) is 0 Å². The summed E-state index contributed by atoms with van der Waals surface area (Å²) in [7, 11) is 0. The molecule has 0 spiro atoms. The zero-order valence-corrected chi connectivity index (χ0v) is 11.4. The summed E-state index contributed by atoms with van der Waals surface area (Å²) in [5, 5.41) is 0. The van der Waals surface area contributed by atoms with Gasteiger partial charge in [0.05, 0.1) is 5.92 Å². The minimum Gasteiger partial charge on any atom is -0.341 e. The number of halogens is 3. The second-order valence-corrected chi connectivity index (χ2v) is 5.22. The highest BCUT2D eigenvalue weighted by atomic mass is 19.4. The molecule has 19 heavy (non-hydrogen) atoms. The standard InChI is InChI=1S/C13H23F3N2O/c1-2-7-18(8-6-17)12(19)10-4-3-5-11(9-10)13(14,15)16/h10-11H,2-9,17H2,1H3. The molecule has 1 fully saturated rings. The molecular formula is C13H23F3N2O. The number of nitrogens with zero attached hydrogens (tertiary/aromatic N) is 1. The normalized spacial score (nSPS) is 24.3. The number of hydrogen-bond donors (Lipinski definition) is 1. The maximum Gasteiger partial charge on any atom is 0.391 e. The van der Waals surface area contributed by atoms with Crippen LogP contribution in [0.2, 0.25) is 0 Å². The van der Waals surface area contributed by atoms with Crippen LogP contribution in [0.5, 0.6) is 0 Å². The Labute approximate surface area is 112 Å². The maximum absolute atomic E-state index is 12.7. The van der Waals surface area contributed by atoms with E-state index >= 15 is 0 Å². The lowest BCUT2D eigenvalue weighted by atomic mass is 9.80. The molecule has 0 saturated heterocycles. The molecule has 2 unspecified atom stereocenters. The molecule has 0 radical (unpaired) electrons. The van der Waals surface area contributed by atoms with Crippen molar-refractivity contribution < 1.29 is 18.0 Å². The van der Waals surface area contributed by atoms with Gasteiger partial charge in [-0.3, -0.25) is 4.79 Å². The van der Waals surface area contributed by atoms with Crippen molar-refractivity contribution in [2.75, 3.05) is 19.6 Å². The van der Waals surface area contributed by atoms with E-state index in [9.17, 15) is 18.0 Å². The first-order chi connectivity index (χ1) is 8.90. The molecule has 1 amide bonds. The highest BCUT2D eigenvalue weighted by Crippen LogP contribution is 2.40. The summed E-state index contributed by atoms with van der Waals surface area (Å²) in [5.74, 6) is -1.96. The predicted molar refractivity (Wildman–Crippen MR) is 67.4 cm³/mol. The van der Waals surface area contributed by atoms with E-state index in [2.05, 4.69) is 0 Å². The van der Waals surface area contributed by atoms with Gasteiger partial charge in [-0.15, -0.1) is 0 Å². The Kier molecular flexibility index (Phi) is 6.10. The number of carbonyl (C=O) groups excluding carboxylic acids is 1. The molecule has 1 aliphatic carbocycles. The molecule has 0 aliphatic heterocycles. The molecule has 0 aromatic rings. The third-order valence-electron chi connectivity index (χ3n) is 3.69. The Morgan fingerprint density at radius 3 is 2.53 bits per heavy atom. The van der Waals surface area contributed by atoms with Crippen molar-refractivity contribution >= 4 is 5.91 Å². The molecule has 2 atom stereocenters. The van der Waals surface area contributed by atoms with E-state index in [1.807, 2.05) is 6.92 Å². The molecule has 1 aliphatic rings. The van der Waals surface area contributed by atoms with E-state index in [1.165, 1.54) is 0 Å². The first-order valence-corrected chi connectivity index (χ1v) is 6.95. The maximum atomic E-state index is 12.7. The Hall–Kier alpha value is -0.780. The van der Waals surface area contributed by atoms with E-state index < -0.39 is 18.0 Å². The highest BCUT2D eigenvalue weighted by molar-refractivity contribution is 5.79. The van der Waals surface area contributed by atoms with Gasteiger partial charge in [0.2, 0.25) is 5.91 Å². The molecule has 3 nitrogen and oxygen atoms in total. The van der Waals surface area contributed by atoms with Crippen LogP contribution in [-0.4, -0.2) is 36.6 Å². The van der Waals surface area contributed by atoms with Crippen molar-refractivity contribution in [2.24, 2.45) is 17.6 Å². The lowest BCUT2D eigenvalue weighted by Crippen LogP contribution is -2.42. The van der Waals surface area contributed by atoms with Crippen molar-refractivity contribution in [3.63, 3.8) is 0 Å². The van der Waals surface area contributed by atoms with Crippen molar-refractivity contribution in [2.45, 2.75) is 45.2 Å². The zero-order valence-electron chi connectivity index (χ0n) is 11.4. The van der Waals surface area contributed by atoms with E-state index in [4.69, 9.17) is 5.73 Å². The number of rotatable bonds is 5.